The normalized spacial score (nSPS) is 14.1. The molecule has 0 spiro atoms. The number of amides is 2. The smallest absolute Gasteiger partial charge is 0.356 e. The minimum Gasteiger partial charge on any atom is -0.356 e. The zero-order valence-corrected chi connectivity index (χ0v) is 30.7. The number of alkyl halides is 5. The molecular weight excluding hydrogens is 765 g/mol. The number of aryl methyl sites for hydroxylation is 2. The number of carbonyl (C=O) groups excluding carboxylic acids is 2. The van der Waals surface area contributed by atoms with Crippen LogP contribution in [0, 0.1) is 18.6 Å². The lowest BCUT2D eigenvalue weighted by atomic mass is 9.88. The zero-order valence-electron chi connectivity index (χ0n) is 30.7. The van der Waals surface area contributed by atoms with E-state index in [1.54, 1.807) is 25.1 Å². The maximum atomic E-state index is 15.7. The third-order valence-electron chi connectivity index (χ3n) is 9.78. The molecular formula is C38H33F7N8O4. The van der Waals surface area contributed by atoms with Crippen molar-refractivity contribution in [2.75, 3.05) is 6.54 Å². The molecule has 0 saturated carbocycles. The van der Waals surface area contributed by atoms with E-state index in [1.165, 1.54) is 20.9 Å². The molecule has 1 aliphatic rings. The first-order valence-corrected chi connectivity index (χ1v) is 17.4. The number of aromatic nitrogens is 6. The van der Waals surface area contributed by atoms with E-state index in [0.717, 1.165) is 50.3 Å². The molecule has 298 valence electrons. The second-order valence-electron chi connectivity index (χ2n) is 14.4. The van der Waals surface area contributed by atoms with Crippen molar-refractivity contribution in [2.24, 2.45) is 7.05 Å². The first-order chi connectivity index (χ1) is 26.8. The van der Waals surface area contributed by atoms with E-state index >= 15 is 4.39 Å². The van der Waals surface area contributed by atoms with Gasteiger partial charge in [-0.05, 0) is 79.8 Å². The minimum absolute atomic E-state index is 0.0886. The highest BCUT2D eigenvalue weighted by Gasteiger charge is 2.40. The Morgan fingerprint density at radius 1 is 1.00 bits per heavy atom. The molecule has 0 aliphatic carbocycles. The number of carbonyl (C=O) groups is 2. The number of hydrogen-bond donors (Lipinski definition) is 1. The third kappa shape index (κ3) is 7.52. The molecule has 2 amide bonds. The quantitative estimate of drug-likeness (QED) is 0.158. The summed E-state index contributed by atoms with van der Waals surface area (Å²) >= 11 is 0. The predicted octanol–water partition coefficient (Wildman–Crippen LogP) is 6.46. The molecule has 57 heavy (non-hydrogen) atoms. The van der Waals surface area contributed by atoms with Gasteiger partial charge in [0.1, 0.15) is 11.9 Å². The van der Waals surface area contributed by atoms with Crippen molar-refractivity contribution in [1.29, 1.82) is 0 Å². The Balaban J connectivity index is 1.22. The number of nitrogens with one attached hydrogen (secondary N) is 1. The number of benzene rings is 2. The maximum Gasteiger partial charge on any atom is 0.435 e. The first kappa shape index (κ1) is 39.0. The molecule has 4 aromatic heterocycles. The molecule has 0 radical (unpaired) electrons. The molecule has 0 saturated heterocycles. The van der Waals surface area contributed by atoms with Gasteiger partial charge < -0.3 is 19.3 Å². The SMILES string of the molecule is Cc1noc2ccc(-c3ccc(F)c4c3CCN(C(Cc3cnn(C(F)F)c3)C(=O)NC(C)(C)Cn3nc(C(F)(F)F)cc3-c3cc(F)c(=O)n(C)c3)C4=O)cc12. The summed E-state index contributed by atoms with van der Waals surface area (Å²) in [7, 11) is 1.22. The van der Waals surface area contributed by atoms with Crippen molar-refractivity contribution in [3.63, 3.8) is 0 Å². The van der Waals surface area contributed by atoms with Crippen molar-refractivity contribution in [1.82, 2.24) is 39.5 Å². The summed E-state index contributed by atoms with van der Waals surface area (Å²) in [4.78, 5) is 41.7. The van der Waals surface area contributed by atoms with Gasteiger partial charge in [0.05, 0.1) is 35.2 Å². The van der Waals surface area contributed by atoms with E-state index < -0.39 is 65.6 Å². The molecule has 12 nitrogen and oxygen atoms in total. The fourth-order valence-corrected chi connectivity index (χ4v) is 7.09. The van der Waals surface area contributed by atoms with E-state index in [4.69, 9.17) is 4.52 Å². The summed E-state index contributed by atoms with van der Waals surface area (Å²) in [5.74, 6) is -3.76. The fourth-order valence-electron chi connectivity index (χ4n) is 7.09. The van der Waals surface area contributed by atoms with Gasteiger partial charge in [0.15, 0.2) is 17.1 Å². The molecule has 1 aliphatic heterocycles. The van der Waals surface area contributed by atoms with Gasteiger partial charge in [0.25, 0.3) is 11.5 Å². The van der Waals surface area contributed by atoms with Crippen LogP contribution in [-0.4, -0.2) is 64.1 Å². The van der Waals surface area contributed by atoms with Crippen LogP contribution in [0.4, 0.5) is 30.7 Å². The molecule has 0 fully saturated rings. The molecule has 6 aromatic rings. The number of hydrogen-bond acceptors (Lipinski definition) is 7. The monoisotopic (exact) mass is 798 g/mol. The van der Waals surface area contributed by atoms with Gasteiger partial charge in [-0.2, -0.15) is 32.1 Å². The number of rotatable bonds is 10. The highest BCUT2D eigenvalue weighted by atomic mass is 19.4. The van der Waals surface area contributed by atoms with E-state index in [1.807, 2.05) is 6.07 Å². The van der Waals surface area contributed by atoms with Crippen LogP contribution in [0.5, 0.6) is 0 Å². The van der Waals surface area contributed by atoms with Gasteiger partial charge in [-0.3, -0.25) is 19.1 Å². The van der Waals surface area contributed by atoms with Crippen molar-refractivity contribution in [2.45, 2.75) is 64.5 Å². The molecule has 0 bridgehead atoms. The van der Waals surface area contributed by atoms with E-state index in [0.29, 0.717) is 38.7 Å². The Morgan fingerprint density at radius 3 is 2.44 bits per heavy atom. The van der Waals surface area contributed by atoms with Crippen molar-refractivity contribution in [3.05, 3.63) is 111 Å². The fraction of sp³-hybridized carbons (Fsp3) is 0.316. The Bertz CT molecular complexity index is 2580. The second-order valence-corrected chi connectivity index (χ2v) is 14.4. The Hall–Kier alpha value is -6.27. The summed E-state index contributed by atoms with van der Waals surface area (Å²) in [6.45, 7) is 1.14. The van der Waals surface area contributed by atoms with Crippen LogP contribution in [-0.2, 0) is 37.4 Å². The van der Waals surface area contributed by atoms with Crippen LogP contribution >= 0.6 is 0 Å². The lowest BCUT2D eigenvalue weighted by Crippen LogP contribution is -2.58. The van der Waals surface area contributed by atoms with E-state index in [2.05, 4.69) is 20.7 Å². The highest BCUT2D eigenvalue weighted by Crippen LogP contribution is 2.36. The molecule has 2 aromatic carbocycles. The van der Waals surface area contributed by atoms with Gasteiger partial charge in [0.2, 0.25) is 5.91 Å². The summed E-state index contributed by atoms with van der Waals surface area (Å²) in [6, 6.07) is 7.95. The van der Waals surface area contributed by atoms with Gasteiger partial charge in [-0.25, -0.2) is 13.5 Å². The standard InChI is InChI=1S/C38H33F7N8O4/c1-19-25-12-21(5-8-30(25)57-49-19)23-6-7-26(39)32-24(23)9-10-51(35(32)56)29(11-20-15-46-52(16-20)36(41)42)33(54)47-37(2,3)18-53-28(14-31(48-53)38(43,44)45)22-13-27(40)34(55)50(4)17-22/h5-8,12-17,29,36H,9-11,18H2,1-4H3,(H,47,54). The topological polar surface area (TPSA) is 133 Å². The third-order valence-corrected chi connectivity index (χ3v) is 9.78. The maximum absolute atomic E-state index is 15.7. The molecule has 7 rings (SSSR count). The second kappa shape index (κ2) is 14.3. The molecule has 1 unspecified atom stereocenters. The van der Waals surface area contributed by atoms with Crippen molar-refractivity contribution >= 4 is 22.8 Å². The van der Waals surface area contributed by atoms with Crippen molar-refractivity contribution in [3.8, 4) is 22.4 Å². The molecule has 5 heterocycles. The number of fused-ring (bicyclic) bond motifs is 2. The van der Waals surface area contributed by atoms with Gasteiger partial charge >= 0.3 is 12.7 Å². The van der Waals surface area contributed by atoms with Crippen molar-refractivity contribution < 1.29 is 44.8 Å². The lowest BCUT2D eigenvalue weighted by molar-refractivity contribution is -0.141. The summed E-state index contributed by atoms with van der Waals surface area (Å²) < 4.78 is 106. The average molecular weight is 799 g/mol. The van der Waals surface area contributed by atoms with Crippen LogP contribution < -0.4 is 10.9 Å². The minimum atomic E-state index is -4.91. The average Bonchev–Trinajstić information content (AvgIpc) is 3.88. The lowest BCUT2D eigenvalue weighted by Gasteiger charge is -2.37. The van der Waals surface area contributed by atoms with Gasteiger partial charge in [-0.15, -0.1) is 0 Å². The Labute approximate surface area is 318 Å². The number of pyridine rings is 1. The summed E-state index contributed by atoms with van der Waals surface area (Å²) in [6.07, 6.45) is -1.93. The molecule has 19 heteroatoms. The number of halogens is 7. The van der Waals surface area contributed by atoms with Crippen LogP contribution in [0.1, 0.15) is 53.3 Å². The number of nitrogens with zero attached hydrogens (tertiary/aromatic N) is 7. The van der Waals surface area contributed by atoms with Crippen LogP contribution in [0.15, 0.2) is 70.4 Å². The largest absolute Gasteiger partial charge is 0.435 e. The van der Waals surface area contributed by atoms with E-state index in [9.17, 15) is 40.7 Å². The molecule has 1 atom stereocenters. The summed E-state index contributed by atoms with van der Waals surface area (Å²) in [5.41, 5.74) is -1.48. The predicted molar refractivity (Wildman–Crippen MR) is 190 cm³/mol. The first-order valence-electron chi connectivity index (χ1n) is 17.4. The van der Waals surface area contributed by atoms with Crippen LogP contribution in [0.3, 0.4) is 0 Å². The van der Waals surface area contributed by atoms with Gasteiger partial charge in [0, 0.05) is 43.4 Å². The Morgan fingerprint density at radius 2 is 1.75 bits per heavy atom. The van der Waals surface area contributed by atoms with E-state index in [-0.39, 0.29) is 41.8 Å². The zero-order chi connectivity index (χ0) is 41.1. The molecule has 1 N–H and O–H groups in total. The highest BCUT2D eigenvalue weighted by molar-refractivity contribution is 6.02. The van der Waals surface area contributed by atoms with Gasteiger partial charge in [-0.1, -0.05) is 17.3 Å². The van der Waals surface area contributed by atoms with Crippen LogP contribution in [0.2, 0.25) is 0 Å². The Kier molecular flexibility index (Phi) is 9.81. The van der Waals surface area contributed by atoms with Crippen LogP contribution in [0.25, 0.3) is 33.4 Å². The summed E-state index contributed by atoms with van der Waals surface area (Å²) in [5, 5.41) is 14.7.